The highest BCUT2D eigenvalue weighted by molar-refractivity contribution is 5.78. The maximum atomic E-state index is 4.65. The Bertz CT molecular complexity index is 662. The molecule has 26 heavy (non-hydrogen) atoms. The zero-order valence-corrected chi connectivity index (χ0v) is 16.8. The van der Waals surface area contributed by atoms with Gasteiger partial charge < -0.3 is 15.5 Å². The Morgan fingerprint density at radius 1 is 1.35 bits per heavy atom. The molecule has 0 aromatic carbocycles. The Kier molecular flexibility index (Phi) is 6.56. The molecule has 2 aliphatic rings. The van der Waals surface area contributed by atoms with Crippen molar-refractivity contribution in [3.05, 3.63) is 42.4 Å². The summed E-state index contributed by atoms with van der Waals surface area (Å²) >= 11 is 0. The number of nitrogens with one attached hydrogen (secondary N) is 2. The molecule has 1 aromatic heterocycles. The van der Waals surface area contributed by atoms with Crippen LogP contribution in [0.5, 0.6) is 0 Å². The molecule has 140 valence electrons. The summed E-state index contributed by atoms with van der Waals surface area (Å²) in [5.41, 5.74) is 3.57. The van der Waals surface area contributed by atoms with Crippen LogP contribution in [0, 0.1) is 11.8 Å². The topological polar surface area (TPSA) is 40.2 Å². The largest absolute Gasteiger partial charge is 0.357 e. The zero-order chi connectivity index (χ0) is 18.0. The number of anilines is 2. The predicted molar refractivity (Wildman–Crippen MR) is 114 cm³/mol. The maximum Gasteiger partial charge on any atom is 0.151 e. The first kappa shape index (κ1) is 20.6. The van der Waals surface area contributed by atoms with Crippen molar-refractivity contribution in [3.8, 4) is 0 Å². The molecule has 1 atom stereocenters. The number of hydrogen-bond acceptors (Lipinski definition) is 4. The molecule has 5 heteroatoms. The van der Waals surface area contributed by atoms with Crippen LogP contribution in [0.2, 0.25) is 0 Å². The fraction of sp³-hybridized carbons (Fsp3) is 0.571. The second-order valence-electron chi connectivity index (χ2n) is 7.75. The highest BCUT2D eigenvalue weighted by Crippen LogP contribution is 2.46. The number of piperidine rings is 1. The van der Waals surface area contributed by atoms with Crippen molar-refractivity contribution in [1.29, 1.82) is 0 Å². The highest BCUT2D eigenvalue weighted by atomic mass is 15.3. The van der Waals surface area contributed by atoms with Crippen molar-refractivity contribution in [2.45, 2.75) is 52.5 Å². The lowest BCUT2D eigenvalue weighted by molar-refractivity contribution is 0.369. The molecule has 0 aliphatic carbocycles. The molecular weight excluding hydrogens is 319 g/mol. The SMILES string of the molecule is C=C(C(C)C)N1/C(=C\C(C)CC)C2(CCNCC2)Nc2ncccc21.[BH]. The van der Waals surface area contributed by atoms with Gasteiger partial charge in [0.15, 0.2) is 5.82 Å². The normalized spacial score (nSPS) is 21.1. The molecule has 0 saturated carbocycles. The number of allylic oxidation sites excluding steroid dienone is 2. The van der Waals surface area contributed by atoms with Gasteiger partial charge >= 0.3 is 0 Å². The molecule has 1 fully saturated rings. The van der Waals surface area contributed by atoms with Gasteiger partial charge in [-0.1, -0.05) is 46.8 Å². The summed E-state index contributed by atoms with van der Waals surface area (Å²) < 4.78 is 0. The molecule has 0 amide bonds. The summed E-state index contributed by atoms with van der Waals surface area (Å²) in [6, 6.07) is 4.17. The second kappa shape index (κ2) is 8.30. The van der Waals surface area contributed by atoms with Crippen molar-refractivity contribution in [2.75, 3.05) is 23.3 Å². The third-order valence-electron chi connectivity index (χ3n) is 5.61. The fourth-order valence-electron chi connectivity index (χ4n) is 3.73. The number of hydrogen-bond donors (Lipinski definition) is 2. The van der Waals surface area contributed by atoms with Gasteiger partial charge in [0, 0.05) is 26.0 Å². The Morgan fingerprint density at radius 3 is 2.65 bits per heavy atom. The summed E-state index contributed by atoms with van der Waals surface area (Å²) in [6.45, 7) is 15.5. The zero-order valence-electron chi connectivity index (χ0n) is 16.8. The average molecular weight is 352 g/mol. The standard InChI is InChI=1S/C21H32N4.BH/c1-6-16(4)14-19-21(9-12-22-13-10-21)24-20-18(8-7-11-23-20)25(19)17(5)15(2)3;/h7-8,11,14-16,22H,5-6,9-10,12-13H2,1-4H3,(H,23,24);1H/b19-14-;. The van der Waals surface area contributed by atoms with Gasteiger partial charge in [-0.2, -0.15) is 0 Å². The van der Waals surface area contributed by atoms with Crippen molar-refractivity contribution >= 4 is 19.9 Å². The van der Waals surface area contributed by atoms with Crippen LogP contribution in [-0.4, -0.2) is 32.0 Å². The number of nitrogens with zero attached hydrogens (tertiary/aromatic N) is 2. The van der Waals surface area contributed by atoms with E-state index in [9.17, 15) is 0 Å². The van der Waals surface area contributed by atoms with Gasteiger partial charge in [0.05, 0.1) is 11.2 Å². The summed E-state index contributed by atoms with van der Waals surface area (Å²) in [5, 5.41) is 7.32. The minimum absolute atomic E-state index is 0. The number of aromatic nitrogens is 1. The molecular formula is C21H33BN4. The summed E-state index contributed by atoms with van der Waals surface area (Å²) in [5.74, 6) is 1.89. The van der Waals surface area contributed by atoms with E-state index in [0.717, 1.165) is 49.6 Å². The minimum atomic E-state index is -0.0616. The van der Waals surface area contributed by atoms with E-state index >= 15 is 0 Å². The van der Waals surface area contributed by atoms with Crippen molar-refractivity contribution < 1.29 is 0 Å². The van der Waals surface area contributed by atoms with Crippen LogP contribution in [0.1, 0.15) is 47.0 Å². The molecule has 3 rings (SSSR count). The van der Waals surface area contributed by atoms with E-state index in [2.05, 4.69) is 66.9 Å². The molecule has 2 aliphatic heterocycles. The summed E-state index contributed by atoms with van der Waals surface area (Å²) in [7, 11) is 0. The van der Waals surface area contributed by atoms with Gasteiger partial charge in [-0.3, -0.25) is 0 Å². The Morgan fingerprint density at radius 2 is 2.04 bits per heavy atom. The average Bonchev–Trinajstić information content (AvgIpc) is 2.62. The van der Waals surface area contributed by atoms with Crippen LogP contribution in [0.4, 0.5) is 11.5 Å². The van der Waals surface area contributed by atoms with Crippen molar-refractivity contribution in [2.24, 2.45) is 11.8 Å². The van der Waals surface area contributed by atoms with Gasteiger partial charge in [0.2, 0.25) is 0 Å². The van der Waals surface area contributed by atoms with Crippen LogP contribution in [0.3, 0.4) is 0 Å². The van der Waals surface area contributed by atoms with Gasteiger partial charge in [0.1, 0.15) is 0 Å². The smallest absolute Gasteiger partial charge is 0.151 e. The minimum Gasteiger partial charge on any atom is -0.357 e. The Balaban J connectivity index is 0.00000243. The first-order valence-corrected chi connectivity index (χ1v) is 9.63. The van der Waals surface area contributed by atoms with Crippen LogP contribution in [0.15, 0.2) is 42.4 Å². The number of pyridine rings is 1. The van der Waals surface area contributed by atoms with Crippen LogP contribution in [-0.2, 0) is 0 Å². The molecule has 3 heterocycles. The van der Waals surface area contributed by atoms with Gasteiger partial charge in [-0.25, -0.2) is 4.98 Å². The Labute approximate surface area is 160 Å². The fourth-order valence-corrected chi connectivity index (χ4v) is 3.73. The van der Waals surface area contributed by atoms with E-state index < -0.39 is 0 Å². The van der Waals surface area contributed by atoms with Gasteiger partial charge in [-0.05, 0) is 49.9 Å². The van der Waals surface area contributed by atoms with E-state index in [0.29, 0.717) is 11.8 Å². The third-order valence-corrected chi connectivity index (χ3v) is 5.61. The van der Waals surface area contributed by atoms with Crippen molar-refractivity contribution in [1.82, 2.24) is 10.3 Å². The molecule has 0 bridgehead atoms. The molecule has 1 aromatic rings. The van der Waals surface area contributed by atoms with E-state index in [1.807, 2.05) is 12.3 Å². The number of fused-ring (bicyclic) bond motifs is 1. The summed E-state index contributed by atoms with van der Waals surface area (Å²) in [6.07, 6.45) is 7.60. The third kappa shape index (κ3) is 3.68. The monoisotopic (exact) mass is 352 g/mol. The van der Waals surface area contributed by atoms with E-state index in [-0.39, 0.29) is 14.0 Å². The lowest BCUT2D eigenvalue weighted by Gasteiger charge is -2.50. The van der Waals surface area contributed by atoms with E-state index in [1.165, 1.54) is 5.70 Å². The van der Waals surface area contributed by atoms with Crippen LogP contribution in [0.25, 0.3) is 0 Å². The quantitative estimate of drug-likeness (QED) is 0.807. The van der Waals surface area contributed by atoms with E-state index in [4.69, 9.17) is 0 Å². The predicted octanol–water partition coefficient (Wildman–Crippen LogP) is 3.89. The van der Waals surface area contributed by atoms with E-state index in [1.54, 1.807) is 0 Å². The molecule has 2 N–H and O–H groups in total. The molecule has 1 unspecified atom stereocenters. The van der Waals surface area contributed by atoms with Crippen LogP contribution >= 0.6 is 0 Å². The maximum absolute atomic E-state index is 4.65. The molecule has 1 spiro atoms. The summed E-state index contributed by atoms with van der Waals surface area (Å²) in [4.78, 5) is 7.04. The first-order chi connectivity index (χ1) is 12.0. The number of rotatable bonds is 4. The van der Waals surface area contributed by atoms with Crippen molar-refractivity contribution in [3.63, 3.8) is 0 Å². The first-order valence-electron chi connectivity index (χ1n) is 9.63. The molecule has 1 saturated heterocycles. The van der Waals surface area contributed by atoms with Gasteiger partial charge in [-0.15, -0.1) is 0 Å². The lowest BCUT2D eigenvalue weighted by atomic mass is 9.80. The molecule has 2 radical (unpaired) electrons. The Hall–Kier alpha value is -1.75. The molecule has 4 nitrogen and oxygen atoms in total. The van der Waals surface area contributed by atoms with Gasteiger partial charge in [0.25, 0.3) is 0 Å². The second-order valence-corrected chi connectivity index (χ2v) is 7.75. The lowest BCUT2D eigenvalue weighted by Crippen LogP contribution is -2.56. The highest BCUT2D eigenvalue weighted by Gasteiger charge is 2.44. The van der Waals surface area contributed by atoms with Crippen LogP contribution < -0.4 is 15.5 Å².